The number of carboxylic acids is 1. The molecule has 2 saturated carbocycles. The van der Waals surface area contributed by atoms with E-state index in [4.69, 9.17) is 10.1 Å². The molecule has 8 nitrogen and oxygen atoms in total. The Bertz CT molecular complexity index is 2000. The average Bonchev–Trinajstić information content (AvgIpc) is 3.51. The maximum atomic E-state index is 15.1. The van der Waals surface area contributed by atoms with Gasteiger partial charge in [-0.25, -0.2) is 14.8 Å². The zero-order chi connectivity index (χ0) is 31.3. The van der Waals surface area contributed by atoms with Gasteiger partial charge in [0.05, 0.1) is 27.8 Å². The summed E-state index contributed by atoms with van der Waals surface area (Å²) in [6.45, 7) is 2.01. The molecule has 0 radical (unpaired) electrons. The van der Waals surface area contributed by atoms with Crippen LogP contribution in [0.15, 0.2) is 60.8 Å². The van der Waals surface area contributed by atoms with Gasteiger partial charge in [-0.3, -0.25) is 4.79 Å². The lowest BCUT2D eigenvalue weighted by Crippen LogP contribution is -2.52. The molecule has 3 heterocycles. The van der Waals surface area contributed by atoms with E-state index in [-0.39, 0.29) is 11.9 Å². The third-order valence-electron chi connectivity index (χ3n) is 9.78. The van der Waals surface area contributed by atoms with Gasteiger partial charge < -0.3 is 19.6 Å². The first kappa shape index (κ1) is 29.0. The van der Waals surface area contributed by atoms with Gasteiger partial charge in [0.25, 0.3) is 5.91 Å². The van der Waals surface area contributed by atoms with E-state index < -0.39 is 17.5 Å². The lowest BCUT2D eigenvalue weighted by Gasteiger charge is -2.41. The van der Waals surface area contributed by atoms with Gasteiger partial charge in [-0.15, -0.1) is 0 Å². The Morgan fingerprint density at radius 3 is 2.56 bits per heavy atom. The second kappa shape index (κ2) is 11.3. The summed E-state index contributed by atoms with van der Waals surface area (Å²) in [6.07, 6.45) is 12.2. The summed E-state index contributed by atoms with van der Waals surface area (Å²) >= 11 is 0. The summed E-state index contributed by atoms with van der Waals surface area (Å²) in [5, 5.41) is 13.3. The normalized spacial score (nSPS) is 16.8. The van der Waals surface area contributed by atoms with E-state index in [2.05, 4.69) is 14.9 Å². The fraction of sp³-hybridized carbons (Fsp3) is 0.333. The molecule has 0 aliphatic heterocycles. The van der Waals surface area contributed by atoms with E-state index in [9.17, 15) is 9.59 Å². The van der Waals surface area contributed by atoms with E-state index in [0.717, 1.165) is 95.6 Å². The first-order valence-electron chi connectivity index (χ1n) is 15.7. The van der Waals surface area contributed by atoms with Crippen molar-refractivity contribution in [1.82, 2.24) is 24.4 Å². The third kappa shape index (κ3) is 5.00. The van der Waals surface area contributed by atoms with Gasteiger partial charge in [-0.1, -0.05) is 25.3 Å². The number of aryl methyl sites for hydroxylation is 2. The van der Waals surface area contributed by atoms with E-state index in [0.29, 0.717) is 11.1 Å². The predicted octanol–water partition coefficient (Wildman–Crippen LogP) is 7.45. The van der Waals surface area contributed by atoms with E-state index in [1.54, 1.807) is 18.2 Å². The van der Waals surface area contributed by atoms with Crippen LogP contribution in [0, 0.1) is 12.9 Å². The molecule has 0 spiro atoms. The van der Waals surface area contributed by atoms with Gasteiger partial charge in [0, 0.05) is 41.8 Å². The maximum Gasteiger partial charge on any atom is 0.328 e. The number of aromatic nitrogens is 4. The molecule has 7 rings (SSSR count). The molecule has 45 heavy (non-hydrogen) atoms. The number of carbonyl (C=O) groups is 2. The molecule has 2 fully saturated rings. The number of pyridine rings is 1. The van der Waals surface area contributed by atoms with Crippen molar-refractivity contribution in [3.8, 4) is 11.3 Å². The smallest absolute Gasteiger partial charge is 0.328 e. The van der Waals surface area contributed by atoms with Crippen LogP contribution in [0.5, 0.6) is 0 Å². The highest BCUT2D eigenvalue weighted by molar-refractivity contribution is 6.01. The lowest BCUT2D eigenvalue weighted by molar-refractivity contribution is -0.131. The molecule has 1 amide bonds. The standard InChI is InChI=1S/C36H36FN5O3/c1-22-27-21-24(13-15-29(27)42(25-8-4-3-5-9-25)32(22)26-10-6-19-38-33(26)37)34(45)40-36(17-7-18-36)35-39-28-14-11-23(12-16-31(43)44)20-30(28)41(35)2/h6,10-16,19-21,25H,3-5,7-9,17-18H2,1-2H3,(H,40,45)(H,43,44)/b16-12+. The van der Waals surface area contributed by atoms with Crippen molar-refractivity contribution in [2.24, 2.45) is 7.05 Å². The van der Waals surface area contributed by atoms with Crippen LogP contribution < -0.4 is 5.32 Å². The largest absolute Gasteiger partial charge is 0.478 e. The number of nitrogens with one attached hydrogen (secondary N) is 1. The van der Waals surface area contributed by atoms with Gasteiger partial charge >= 0.3 is 5.97 Å². The number of hydrogen-bond donors (Lipinski definition) is 2. The van der Waals surface area contributed by atoms with Crippen molar-refractivity contribution >= 4 is 39.9 Å². The number of aliphatic carboxylic acids is 1. The number of carboxylic acid groups (broad SMARTS) is 1. The van der Waals surface area contributed by atoms with Crippen LogP contribution in [0.3, 0.4) is 0 Å². The topological polar surface area (TPSA) is 102 Å². The zero-order valence-corrected chi connectivity index (χ0v) is 25.5. The minimum absolute atomic E-state index is 0.173. The summed E-state index contributed by atoms with van der Waals surface area (Å²) in [5.41, 5.74) is 5.65. The Hall–Kier alpha value is -4.79. The van der Waals surface area contributed by atoms with Crippen molar-refractivity contribution < 1.29 is 19.1 Å². The Morgan fingerprint density at radius 2 is 1.84 bits per heavy atom. The minimum Gasteiger partial charge on any atom is -0.478 e. The molecule has 5 aromatic rings. The summed E-state index contributed by atoms with van der Waals surface area (Å²) in [6, 6.07) is 15.3. The zero-order valence-electron chi connectivity index (χ0n) is 25.5. The quantitative estimate of drug-likeness (QED) is 0.148. The molecule has 0 atom stereocenters. The number of imidazole rings is 1. The van der Waals surface area contributed by atoms with Gasteiger partial charge in [0.15, 0.2) is 0 Å². The molecule has 0 unspecified atom stereocenters. The lowest BCUT2D eigenvalue weighted by atomic mass is 9.75. The molecule has 2 aliphatic rings. The number of carbonyl (C=O) groups excluding carboxylic acids is 1. The van der Waals surface area contributed by atoms with E-state index >= 15 is 4.39 Å². The third-order valence-corrected chi connectivity index (χ3v) is 9.78. The minimum atomic E-state index is -1.00. The van der Waals surface area contributed by atoms with Crippen molar-refractivity contribution in [3.63, 3.8) is 0 Å². The number of rotatable bonds is 7. The number of hydrogen-bond acceptors (Lipinski definition) is 4. The van der Waals surface area contributed by atoms with Gasteiger partial charge in [0.2, 0.25) is 5.95 Å². The van der Waals surface area contributed by atoms with Crippen LogP contribution in [-0.4, -0.2) is 36.1 Å². The molecule has 2 aromatic carbocycles. The number of fused-ring (bicyclic) bond motifs is 2. The molecule has 230 valence electrons. The van der Waals surface area contributed by atoms with Crippen LogP contribution in [-0.2, 0) is 17.4 Å². The van der Waals surface area contributed by atoms with Crippen molar-refractivity contribution in [2.75, 3.05) is 0 Å². The highest BCUT2D eigenvalue weighted by Gasteiger charge is 2.44. The monoisotopic (exact) mass is 605 g/mol. The highest BCUT2D eigenvalue weighted by atomic mass is 19.1. The van der Waals surface area contributed by atoms with Crippen LogP contribution in [0.2, 0.25) is 0 Å². The number of amides is 1. The van der Waals surface area contributed by atoms with Crippen molar-refractivity contribution in [2.45, 2.75) is 69.9 Å². The highest BCUT2D eigenvalue weighted by Crippen LogP contribution is 2.43. The van der Waals surface area contributed by atoms with Crippen molar-refractivity contribution in [3.05, 3.63) is 89.3 Å². The number of halogens is 1. The maximum absolute atomic E-state index is 15.1. The molecular weight excluding hydrogens is 569 g/mol. The second-order valence-corrected chi connectivity index (χ2v) is 12.5. The Labute approximate surface area is 260 Å². The number of benzene rings is 2. The van der Waals surface area contributed by atoms with Gasteiger partial charge in [-0.05, 0) is 98.7 Å². The second-order valence-electron chi connectivity index (χ2n) is 12.5. The fourth-order valence-electron chi connectivity index (χ4n) is 7.36. The van der Waals surface area contributed by atoms with E-state index in [1.165, 1.54) is 12.6 Å². The summed E-state index contributed by atoms with van der Waals surface area (Å²) in [4.78, 5) is 33.8. The predicted molar refractivity (Wildman–Crippen MR) is 172 cm³/mol. The molecule has 0 saturated heterocycles. The molecular formula is C36H36FN5O3. The Kier molecular flexibility index (Phi) is 7.26. The summed E-state index contributed by atoms with van der Waals surface area (Å²) in [5.74, 6) is -0.881. The Balaban J connectivity index is 1.25. The molecule has 0 bridgehead atoms. The molecule has 3 aromatic heterocycles. The van der Waals surface area contributed by atoms with Gasteiger partial charge in [0.1, 0.15) is 5.82 Å². The van der Waals surface area contributed by atoms with Crippen LogP contribution >= 0.6 is 0 Å². The molecule has 2 N–H and O–H groups in total. The Morgan fingerprint density at radius 1 is 1.04 bits per heavy atom. The first-order chi connectivity index (χ1) is 21.8. The van der Waals surface area contributed by atoms with Crippen LogP contribution in [0.25, 0.3) is 39.3 Å². The van der Waals surface area contributed by atoms with Gasteiger partial charge in [-0.2, -0.15) is 4.39 Å². The van der Waals surface area contributed by atoms with Crippen molar-refractivity contribution in [1.29, 1.82) is 0 Å². The molecule has 9 heteroatoms. The fourth-order valence-corrected chi connectivity index (χ4v) is 7.36. The van der Waals surface area contributed by atoms with Crippen LogP contribution in [0.4, 0.5) is 4.39 Å². The molecule has 2 aliphatic carbocycles. The SMILES string of the molecule is Cc1c(-c2cccnc2F)n(C2CCCCC2)c2ccc(C(=O)NC3(c4nc5ccc(/C=C/C(=O)O)cc5n4C)CCC3)cc12. The average molecular weight is 606 g/mol. The first-order valence-corrected chi connectivity index (χ1v) is 15.7. The van der Waals surface area contributed by atoms with Crippen LogP contribution in [0.1, 0.15) is 84.7 Å². The summed E-state index contributed by atoms with van der Waals surface area (Å²) < 4.78 is 19.4. The number of nitrogens with zero attached hydrogens (tertiary/aromatic N) is 4. The van der Waals surface area contributed by atoms with E-state index in [1.807, 2.05) is 54.9 Å². The summed E-state index contributed by atoms with van der Waals surface area (Å²) in [7, 11) is 1.93.